The van der Waals surface area contributed by atoms with Gasteiger partial charge in [-0.2, -0.15) is 0 Å². The number of nitrogens with two attached hydrogens (primary N) is 1. The predicted molar refractivity (Wildman–Crippen MR) is 88.1 cm³/mol. The molecule has 20 heavy (non-hydrogen) atoms. The summed E-state index contributed by atoms with van der Waals surface area (Å²) in [7, 11) is 0. The minimum Gasteiger partial charge on any atom is -0.372 e. The highest BCUT2D eigenvalue weighted by Gasteiger charge is 2.28. The maximum Gasteiger partial charge on any atom is 0.0366 e. The minimum atomic E-state index is 0.177. The first-order valence-electron chi connectivity index (χ1n) is 8.02. The van der Waals surface area contributed by atoms with Gasteiger partial charge < -0.3 is 10.6 Å². The molecule has 1 heterocycles. The highest BCUT2D eigenvalue weighted by molar-refractivity contribution is 5.48. The van der Waals surface area contributed by atoms with Crippen LogP contribution in [0.5, 0.6) is 0 Å². The molecule has 1 aliphatic rings. The molecule has 0 spiro atoms. The lowest BCUT2D eigenvalue weighted by Crippen LogP contribution is -2.38. The highest BCUT2D eigenvalue weighted by Crippen LogP contribution is 2.35. The SMILES string of the molecule is CC[C@H](N)c1ccc(N2CCC(C(C)(C)C)CC2)cc1. The second kappa shape index (κ2) is 6.17. The van der Waals surface area contributed by atoms with Gasteiger partial charge in [0.25, 0.3) is 0 Å². The Kier molecular flexibility index (Phi) is 4.74. The quantitative estimate of drug-likeness (QED) is 0.887. The van der Waals surface area contributed by atoms with Crippen LogP contribution in [0.4, 0.5) is 5.69 Å². The summed E-state index contributed by atoms with van der Waals surface area (Å²) in [6, 6.07) is 9.04. The molecule has 0 amide bonds. The molecule has 112 valence electrons. The molecule has 1 saturated heterocycles. The summed E-state index contributed by atoms with van der Waals surface area (Å²) in [5.74, 6) is 0.853. The average Bonchev–Trinajstić information content (AvgIpc) is 2.46. The first-order valence-corrected chi connectivity index (χ1v) is 8.02. The van der Waals surface area contributed by atoms with Crippen LogP contribution in [0.25, 0.3) is 0 Å². The molecule has 0 aliphatic carbocycles. The van der Waals surface area contributed by atoms with Crippen molar-refractivity contribution in [1.82, 2.24) is 0 Å². The number of piperidine rings is 1. The van der Waals surface area contributed by atoms with Crippen LogP contribution in [0, 0.1) is 11.3 Å². The lowest BCUT2D eigenvalue weighted by Gasteiger charge is -2.39. The molecule has 0 radical (unpaired) electrons. The molecule has 1 fully saturated rings. The van der Waals surface area contributed by atoms with Crippen molar-refractivity contribution >= 4 is 5.69 Å². The van der Waals surface area contributed by atoms with Gasteiger partial charge in [0, 0.05) is 24.8 Å². The van der Waals surface area contributed by atoms with E-state index in [1.165, 1.54) is 37.2 Å². The second-order valence-corrected chi connectivity index (χ2v) is 7.23. The summed E-state index contributed by atoms with van der Waals surface area (Å²) in [6.07, 6.45) is 3.61. The van der Waals surface area contributed by atoms with Crippen molar-refractivity contribution in [3.05, 3.63) is 29.8 Å². The zero-order chi connectivity index (χ0) is 14.8. The highest BCUT2D eigenvalue weighted by atomic mass is 15.1. The Morgan fingerprint density at radius 2 is 1.70 bits per heavy atom. The summed E-state index contributed by atoms with van der Waals surface area (Å²) in [6.45, 7) is 11.6. The minimum absolute atomic E-state index is 0.177. The maximum atomic E-state index is 6.08. The van der Waals surface area contributed by atoms with E-state index in [9.17, 15) is 0 Å². The average molecular weight is 274 g/mol. The maximum absolute atomic E-state index is 6.08. The Labute approximate surface area is 124 Å². The van der Waals surface area contributed by atoms with E-state index in [1.807, 2.05) is 0 Å². The number of hydrogen-bond acceptors (Lipinski definition) is 2. The summed E-state index contributed by atoms with van der Waals surface area (Å²) < 4.78 is 0. The van der Waals surface area contributed by atoms with Gasteiger partial charge in [-0.3, -0.25) is 0 Å². The van der Waals surface area contributed by atoms with Crippen molar-refractivity contribution in [2.45, 2.75) is 53.0 Å². The smallest absolute Gasteiger partial charge is 0.0366 e. The van der Waals surface area contributed by atoms with E-state index in [1.54, 1.807) is 0 Å². The second-order valence-electron chi connectivity index (χ2n) is 7.23. The third-order valence-electron chi connectivity index (χ3n) is 4.85. The number of hydrogen-bond donors (Lipinski definition) is 1. The van der Waals surface area contributed by atoms with E-state index in [4.69, 9.17) is 5.73 Å². The molecule has 1 aromatic carbocycles. The molecule has 2 nitrogen and oxygen atoms in total. The van der Waals surface area contributed by atoms with Gasteiger partial charge in [0.2, 0.25) is 0 Å². The van der Waals surface area contributed by atoms with E-state index >= 15 is 0 Å². The Morgan fingerprint density at radius 1 is 1.15 bits per heavy atom. The zero-order valence-corrected chi connectivity index (χ0v) is 13.5. The standard InChI is InChI=1S/C18H30N2/c1-5-17(19)14-6-8-16(9-7-14)20-12-10-15(11-13-20)18(2,3)4/h6-9,15,17H,5,10-13,19H2,1-4H3/t17-/m0/s1. The van der Waals surface area contributed by atoms with Crippen molar-refractivity contribution in [2.75, 3.05) is 18.0 Å². The van der Waals surface area contributed by atoms with E-state index in [0.29, 0.717) is 5.41 Å². The Bertz CT molecular complexity index is 408. The Morgan fingerprint density at radius 3 is 2.15 bits per heavy atom. The van der Waals surface area contributed by atoms with Crippen LogP contribution in [-0.2, 0) is 0 Å². The number of benzene rings is 1. The molecule has 2 N–H and O–H groups in total. The number of rotatable bonds is 3. The number of nitrogens with zero attached hydrogens (tertiary/aromatic N) is 1. The summed E-state index contributed by atoms with van der Waals surface area (Å²) in [5, 5.41) is 0. The molecule has 0 unspecified atom stereocenters. The fourth-order valence-electron chi connectivity index (χ4n) is 3.17. The molecule has 1 aliphatic heterocycles. The van der Waals surface area contributed by atoms with Gasteiger partial charge in [-0.15, -0.1) is 0 Å². The third-order valence-corrected chi connectivity index (χ3v) is 4.85. The summed E-state index contributed by atoms with van der Waals surface area (Å²) in [4.78, 5) is 2.52. The van der Waals surface area contributed by atoms with E-state index in [0.717, 1.165) is 12.3 Å². The monoisotopic (exact) mass is 274 g/mol. The topological polar surface area (TPSA) is 29.3 Å². The van der Waals surface area contributed by atoms with Crippen LogP contribution in [0.1, 0.15) is 58.6 Å². The largest absolute Gasteiger partial charge is 0.372 e. The first-order chi connectivity index (χ1) is 9.41. The molecule has 1 atom stereocenters. The van der Waals surface area contributed by atoms with E-state index in [-0.39, 0.29) is 6.04 Å². The molecular weight excluding hydrogens is 244 g/mol. The molecule has 2 rings (SSSR count). The van der Waals surface area contributed by atoms with Gasteiger partial charge in [-0.05, 0) is 48.3 Å². The lowest BCUT2D eigenvalue weighted by molar-refractivity contribution is 0.199. The van der Waals surface area contributed by atoms with Gasteiger partial charge >= 0.3 is 0 Å². The fraction of sp³-hybridized carbons (Fsp3) is 0.667. The normalized spacial score (nSPS) is 19.1. The molecule has 0 aromatic heterocycles. The first kappa shape index (κ1) is 15.4. The molecule has 0 saturated carbocycles. The lowest BCUT2D eigenvalue weighted by atomic mass is 9.75. The summed E-state index contributed by atoms with van der Waals surface area (Å²) in [5.41, 5.74) is 9.13. The van der Waals surface area contributed by atoms with Crippen molar-refractivity contribution in [3.8, 4) is 0 Å². The van der Waals surface area contributed by atoms with Gasteiger partial charge in [0.05, 0.1) is 0 Å². The van der Waals surface area contributed by atoms with Crippen molar-refractivity contribution in [2.24, 2.45) is 17.1 Å². The van der Waals surface area contributed by atoms with Crippen molar-refractivity contribution in [3.63, 3.8) is 0 Å². The van der Waals surface area contributed by atoms with Crippen LogP contribution in [0.2, 0.25) is 0 Å². The zero-order valence-electron chi connectivity index (χ0n) is 13.5. The third kappa shape index (κ3) is 3.54. The summed E-state index contributed by atoms with van der Waals surface area (Å²) >= 11 is 0. The fourth-order valence-corrected chi connectivity index (χ4v) is 3.17. The molecule has 1 aromatic rings. The number of anilines is 1. The van der Waals surface area contributed by atoms with E-state index < -0.39 is 0 Å². The Hall–Kier alpha value is -1.02. The molecular formula is C18H30N2. The van der Waals surface area contributed by atoms with Gasteiger partial charge in [-0.1, -0.05) is 39.8 Å². The molecule has 2 heteroatoms. The van der Waals surface area contributed by atoms with Crippen LogP contribution in [-0.4, -0.2) is 13.1 Å². The van der Waals surface area contributed by atoms with Crippen LogP contribution in [0.3, 0.4) is 0 Å². The van der Waals surface area contributed by atoms with Crippen LogP contribution < -0.4 is 10.6 Å². The van der Waals surface area contributed by atoms with E-state index in [2.05, 4.69) is 56.9 Å². The van der Waals surface area contributed by atoms with Gasteiger partial charge in [0.15, 0.2) is 0 Å². The van der Waals surface area contributed by atoms with Crippen LogP contribution >= 0.6 is 0 Å². The van der Waals surface area contributed by atoms with Crippen molar-refractivity contribution < 1.29 is 0 Å². The van der Waals surface area contributed by atoms with Gasteiger partial charge in [-0.25, -0.2) is 0 Å². The molecule has 0 bridgehead atoms. The van der Waals surface area contributed by atoms with Crippen molar-refractivity contribution in [1.29, 1.82) is 0 Å². The Balaban J connectivity index is 1.97. The van der Waals surface area contributed by atoms with Gasteiger partial charge in [0.1, 0.15) is 0 Å². The van der Waals surface area contributed by atoms with Crippen LogP contribution in [0.15, 0.2) is 24.3 Å². The predicted octanol–water partition coefficient (Wildman–Crippen LogP) is 4.36.